The zero-order valence-electron chi connectivity index (χ0n) is 11.6. The lowest BCUT2D eigenvalue weighted by atomic mass is 9.99. The molecule has 0 bridgehead atoms. The van der Waals surface area contributed by atoms with Crippen LogP contribution >= 0.6 is 15.9 Å². The summed E-state index contributed by atoms with van der Waals surface area (Å²) in [5.74, 6) is -0.623. The summed E-state index contributed by atoms with van der Waals surface area (Å²) in [5, 5.41) is 0. The zero-order valence-corrected chi connectivity index (χ0v) is 14.0. The highest BCUT2D eigenvalue weighted by Gasteiger charge is 2.34. The molecule has 116 valence electrons. The molecule has 0 spiro atoms. The Morgan fingerprint density at radius 3 is 2.81 bits per heavy atom. The van der Waals surface area contributed by atoms with Crippen molar-refractivity contribution in [3.05, 3.63) is 22.7 Å². The van der Waals surface area contributed by atoms with Gasteiger partial charge in [-0.15, -0.1) is 0 Å². The molecular formula is C13H17BrN2O4S. The van der Waals surface area contributed by atoms with Crippen molar-refractivity contribution in [1.82, 2.24) is 4.31 Å². The molecule has 1 fully saturated rings. The molecule has 1 aliphatic rings. The molecule has 0 saturated carbocycles. The molecule has 1 saturated heterocycles. The number of primary amides is 1. The number of piperidine rings is 1. The third kappa shape index (κ3) is 3.38. The number of methoxy groups -OCH3 is 1. The summed E-state index contributed by atoms with van der Waals surface area (Å²) < 4.78 is 32.6. The predicted octanol–water partition coefficient (Wildman–Crippen LogP) is 1.34. The molecule has 0 aliphatic carbocycles. The van der Waals surface area contributed by atoms with Gasteiger partial charge >= 0.3 is 0 Å². The van der Waals surface area contributed by atoms with Gasteiger partial charge in [-0.1, -0.05) is 15.9 Å². The maximum atomic E-state index is 12.8. The predicted molar refractivity (Wildman–Crippen MR) is 81.4 cm³/mol. The number of carbonyl (C=O) groups is 1. The topological polar surface area (TPSA) is 89.7 Å². The summed E-state index contributed by atoms with van der Waals surface area (Å²) in [6, 6.07) is 4.80. The number of hydrogen-bond donors (Lipinski definition) is 1. The third-order valence-electron chi connectivity index (χ3n) is 3.53. The number of carbonyl (C=O) groups excluding carboxylic acids is 1. The van der Waals surface area contributed by atoms with Gasteiger partial charge in [-0.25, -0.2) is 8.42 Å². The number of ether oxygens (including phenoxy) is 1. The van der Waals surface area contributed by atoms with E-state index in [1.165, 1.54) is 17.5 Å². The molecular weight excluding hydrogens is 360 g/mol. The van der Waals surface area contributed by atoms with Gasteiger partial charge in [0.1, 0.15) is 10.6 Å². The normalized spacial score (nSPS) is 20.2. The molecule has 2 N–H and O–H groups in total. The highest BCUT2D eigenvalue weighted by molar-refractivity contribution is 9.10. The van der Waals surface area contributed by atoms with Crippen LogP contribution in [0, 0.1) is 5.92 Å². The van der Waals surface area contributed by atoms with E-state index in [0.29, 0.717) is 23.9 Å². The first-order chi connectivity index (χ1) is 9.86. The van der Waals surface area contributed by atoms with Crippen molar-refractivity contribution in [2.75, 3.05) is 20.2 Å². The Kier molecular flexibility index (Phi) is 4.90. The maximum Gasteiger partial charge on any atom is 0.246 e. The van der Waals surface area contributed by atoms with E-state index in [1.807, 2.05) is 0 Å². The number of rotatable bonds is 4. The first-order valence-corrected chi connectivity index (χ1v) is 8.72. The number of amides is 1. The SMILES string of the molecule is COc1ccc(Br)cc1S(=O)(=O)N1CCCC(C(N)=O)C1. The molecule has 8 heteroatoms. The monoisotopic (exact) mass is 376 g/mol. The van der Waals surface area contributed by atoms with E-state index in [2.05, 4.69) is 15.9 Å². The number of nitrogens with two attached hydrogens (primary N) is 1. The lowest BCUT2D eigenvalue weighted by Crippen LogP contribution is -2.44. The molecule has 0 radical (unpaired) electrons. The lowest BCUT2D eigenvalue weighted by Gasteiger charge is -2.30. The van der Waals surface area contributed by atoms with Crippen molar-refractivity contribution >= 4 is 31.9 Å². The smallest absolute Gasteiger partial charge is 0.246 e. The van der Waals surface area contributed by atoms with E-state index in [9.17, 15) is 13.2 Å². The van der Waals surface area contributed by atoms with Crippen LogP contribution in [0.25, 0.3) is 0 Å². The molecule has 2 rings (SSSR count). The Balaban J connectivity index is 2.38. The van der Waals surface area contributed by atoms with Crippen molar-refractivity contribution in [3.63, 3.8) is 0 Å². The van der Waals surface area contributed by atoms with Gasteiger partial charge in [0.05, 0.1) is 13.0 Å². The third-order valence-corrected chi connectivity index (χ3v) is 5.91. The molecule has 1 aromatic rings. The number of halogens is 1. The molecule has 1 aliphatic heterocycles. The van der Waals surface area contributed by atoms with E-state index in [4.69, 9.17) is 10.5 Å². The Morgan fingerprint density at radius 1 is 1.48 bits per heavy atom. The average Bonchev–Trinajstić information content (AvgIpc) is 2.47. The highest BCUT2D eigenvalue weighted by atomic mass is 79.9. The Labute approximate surface area is 132 Å². The lowest BCUT2D eigenvalue weighted by molar-refractivity contribution is -0.122. The first-order valence-electron chi connectivity index (χ1n) is 6.49. The van der Waals surface area contributed by atoms with Crippen LogP contribution in [0.5, 0.6) is 5.75 Å². The second-order valence-electron chi connectivity index (χ2n) is 4.90. The van der Waals surface area contributed by atoms with Crippen molar-refractivity contribution in [3.8, 4) is 5.75 Å². The first kappa shape index (κ1) is 16.3. The largest absolute Gasteiger partial charge is 0.495 e. The second kappa shape index (κ2) is 6.33. The van der Waals surface area contributed by atoms with Gasteiger partial charge in [-0.05, 0) is 31.0 Å². The molecule has 21 heavy (non-hydrogen) atoms. The fourth-order valence-corrected chi connectivity index (χ4v) is 4.60. The van der Waals surface area contributed by atoms with Crippen molar-refractivity contribution in [1.29, 1.82) is 0 Å². The van der Waals surface area contributed by atoms with E-state index >= 15 is 0 Å². The Bertz CT molecular complexity index is 648. The minimum atomic E-state index is -3.72. The van der Waals surface area contributed by atoms with Gasteiger partial charge in [0.15, 0.2) is 0 Å². The molecule has 1 atom stereocenters. The van der Waals surface area contributed by atoms with Crippen LogP contribution < -0.4 is 10.5 Å². The Morgan fingerprint density at radius 2 is 2.19 bits per heavy atom. The van der Waals surface area contributed by atoms with E-state index in [0.717, 1.165) is 0 Å². The maximum absolute atomic E-state index is 12.8. The van der Waals surface area contributed by atoms with Crippen molar-refractivity contribution in [2.24, 2.45) is 11.7 Å². The van der Waals surface area contributed by atoms with E-state index < -0.39 is 21.8 Å². The van der Waals surface area contributed by atoms with Gasteiger partial charge in [0.25, 0.3) is 0 Å². The number of nitrogens with zero attached hydrogens (tertiary/aromatic N) is 1. The van der Waals surface area contributed by atoms with Gasteiger partial charge in [0.2, 0.25) is 15.9 Å². The summed E-state index contributed by atoms with van der Waals surface area (Å²) in [6.45, 7) is 0.495. The van der Waals surface area contributed by atoms with Crippen LogP contribution in [0.3, 0.4) is 0 Å². The molecule has 1 heterocycles. The summed E-state index contributed by atoms with van der Waals surface area (Å²) in [7, 11) is -2.30. The number of hydrogen-bond acceptors (Lipinski definition) is 4. The number of benzene rings is 1. The van der Waals surface area contributed by atoms with Gasteiger partial charge < -0.3 is 10.5 Å². The summed E-state index contributed by atoms with van der Waals surface area (Å²) in [5.41, 5.74) is 5.30. The zero-order chi connectivity index (χ0) is 15.6. The van der Waals surface area contributed by atoms with Crippen molar-refractivity contribution in [2.45, 2.75) is 17.7 Å². The fraction of sp³-hybridized carbons (Fsp3) is 0.462. The minimum absolute atomic E-state index is 0.0875. The minimum Gasteiger partial charge on any atom is -0.495 e. The molecule has 1 unspecified atom stereocenters. The van der Waals surface area contributed by atoms with Crippen LogP contribution in [0.4, 0.5) is 0 Å². The quantitative estimate of drug-likeness (QED) is 0.858. The van der Waals surface area contributed by atoms with E-state index in [1.54, 1.807) is 12.1 Å². The van der Waals surface area contributed by atoms with Crippen LogP contribution in [0.2, 0.25) is 0 Å². The van der Waals surface area contributed by atoms with Crippen LogP contribution in [-0.4, -0.2) is 38.8 Å². The summed E-state index contributed by atoms with van der Waals surface area (Å²) in [4.78, 5) is 11.4. The number of sulfonamides is 1. The van der Waals surface area contributed by atoms with Crippen molar-refractivity contribution < 1.29 is 17.9 Å². The standard InChI is InChI=1S/C13H17BrN2O4S/c1-20-11-5-4-10(14)7-12(11)21(18,19)16-6-2-3-9(8-16)13(15)17/h4-5,7,9H,2-3,6,8H2,1H3,(H2,15,17). The van der Waals surface area contributed by atoms with Gasteiger partial charge in [-0.3, -0.25) is 4.79 Å². The highest BCUT2D eigenvalue weighted by Crippen LogP contribution is 2.31. The summed E-state index contributed by atoms with van der Waals surface area (Å²) in [6.07, 6.45) is 1.24. The van der Waals surface area contributed by atoms with E-state index in [-0.39, 0.29) is 17.2 Å². The van der Waals surface area contributed by atoms with Crippen LogP contribution in [0.1, 0.15) is 12.8 Å². The fourth-order valence-electron chi connectivity index (χ4n) is 2.38. The second-order valence-corrected chi connectivity index (χ2v) is 7.72. The van der Waals surface area contributed by atoms with Crippen LogP contribution in [-0.2, 0) is 14.8 Å². The average molecular weight is 377 g/mol. The molecule has 6 nitrogen and oxygen atoms in total. The Hall–Kier alpha value is -1.12. The molecule has 1 aromatic carbocycles. The van der Waals surface area contributed by atoms with Gasteiger partial charge in [0, 0.05) is 17.6 Å². The van der Waals surface area contributed by atoms with Crippen LogP contribution in [0.15, 0.2) is 27.6 Å². The van der Waals surface area contributed by atoms with Gasteiger partial charge in [-0.2, -0.15) is 4.31 Å². The summed E-state index contributed by atoms with van der Waals surface area (Å²) >= 11 is 3.26. The molecule has 1 amide bonds. The molecule has 0 aromatic heterocycles.